The number of nitrogens with zero attached hydrogens (tertiary/aromatic N) is 1. The van der Waals surface area contributed by atoms with Crippen LogP contribution in [0.4, 0.5) is 0 Å². The van der Waals surface area contributed by atoms with Crippen LogP contribution in [0.5, 0.6) is 0 Å². The number of ether oxygens (including phenoxy) is 2. The lowest BCUT2D eigenvalue weighted by Crippen LogP contribution is -2.51. The maximum atomic E-state index is 12.2. The van der Waals surface area contributed by atoms with Crippen molar-refractivity contribution >= 4 is 11.9 Å². The summed E-state index contributed by atoms with van der Waals surface area (Å²) in [5.74, 6) is -0.896. The first-order chi connectivity index (χ1) is 9.97. The Morgan fingerprint density at radius 2 is 2.24 bits per heavy atom. The van der Waals surface area contributed by atoms with Crippen LogP contribution in [0.15, 0.2) is 4.42 Å². The van der Waals surface area contributed by atoms with Crippen LogP contribution in [-0.4, -0.2) is 53.9 Å². The minimum Gasteiger partial charge on any atom is -0.480 e. The molecule has 0 aliphatic carbocycles. The average molecular weight is 298 g/mol. The predicted molar refractivity (Wildman–Crippen MR) is 70.0 cm³/mol. The molecular weight excluding hydrogens is 280 g/mol. The van der Waals surface area contributed by atoms with Crippen LogP contribution in [0.3, 0.4) is 0 Å². The zero-order valence-electron chi connectivity index (χ0n) is 11.9. The van der Waals surface area contributed by atoms with E-state index in [1.807, 2.05) is 0 Å². The summed E-state index contributed by atoms with van der Waals surface area (Å²) < 4.78 is 15.8. The fourth-order valence-electron chi connectivity index (χ4n) is 2.21. The van der Waals surface area contributed by atoms with Crippen molar-refractivity contribution in [2.75, 3.05) is 19.8 Å². The number of hydrogen-bond acceptors (Lipinski definition) is 6. The van der Waals surface area contributed by atoms with Crippen LogP contribution in [-0.2, 0) is 14.3 Å². The molecule has 1 amide bonds. The van der Waals surface area contributed by atoms with Gasteiger partial charge in [-0.3, -0.25) is 4.79 Å². The Balaban J connectivity index is 1.99. The van der Waals surface area contributed by atoms with Crippen LogP contribution < -0.4 is 5.32 Å². The molecule has 21 heavy (non-hydrogen) atoms. The number of oxazole rings is 1. The fourth-order valence-corrected chi connectivity index (χ4v) is 2.21. The number of hydrogen-bond donors (Lipinski definition) is 2. The van der Waals surface area contributed by atoms with E-state index in [-0.39, 0.29) is 12.4 Å². The molecule has 8 nitrogen and oxygen atoms in total. The molecule has 8 heteroatoms. The van der Waals surface area contributed by atoms with Gasteiger partial charge in [-0.1, -0.05) is 0 Å². The molecule has 1 fully saturated rings. The van der Waals surface area contributed by atoms with E-state index in [1.54, 1.807) is 13.8 Å². The van der Waals surface area contributed by atoms with Gasteiger partial charge in [-0.05, 0) is 13.3 Å². The van der Waals surface area contributed by atoms with Crippen LogP contribution in [0.1, 0.15) is 28.6 Å². The van der Waals surface area contributed by atoms with E-state index in [4.69, 9.17) is 19.0 Å². The number of carboxylic acid groups (broad SMARTS) is 1. The van der Waals surface area contributed by atoms with E-state index in [0.717, 1.165) is 0 Å². The fraction of sp³-hybridized carbons (Fsp3) is 0.615. The second-order valence-corrected chi connectivity index (χ2v) is 4.83. The number of aryl methyl sites for hydroxylation is 2. The number of nitrogens with one attached hydrogen (secondary N) is 1. The van der Waals surface area contributed by atoms with Gasteiger partial charge in [0.25, 0.3) is 5.91 Å². The van der Waals surface area contributed by atoms with E-state index in [1.165, 1.54) is 0 Å². The van der Waals surface area contributed by atoms with Crippen LogP contribution >= 0.6 is 0 Å². The molecule has 0 radical (unpaired) electrons. The van der Waals surface area contributed by atoms with Crippen molar-refractivity contribution in [3.8, 4) is 0 Å². The second kappa shape index (κ2) is 6.68. The van der Waals surface area contributed by atoms with Crippen LogP contribution in [0, 0.1) is 13.8 Å². The van der Waals surface area contributed by atoms with Gasteiger partial charge in [0, 0.05) is 13.5 Å². The number of aliphatic carboxylic acids is 1. The van der Waals surface area contributed by atoms with Gasteiger partial charge in [-0.2, -0.15) is 0 Å². The Morgan fingerprint density at radius 3 is 2.86 bits per heavy atom. The molecule has 0 bridgehead atoms. The monoisotopic (exact) mass is 298 g/mol. The maximum absolute atomic E-state index is 12.2. The smallest absolute Gasteiger partial charge is 0.329 e. The molecule has 2 N–H and O–H groups in total. The third-order valence-electron chi connectivity index (χ3n) is 3.14. The first-order valence-corrected chi connectivity index (χ1v) is 6.63. The van der Waals surface area contributed by atoms with Crippen molar-refractivity contribution in [2.45, 2.75) is 32.4 Å². The minimum atomic E-state index is -1.05. The van der Waals surface area contributed by atoms with Gasteiger partial charge in [-0.25, -0.2) is 9.78 Å². The van der Waals surface area contributed by atoms with E-state index in [2.05, 4.69) is 10.3 Å². The summed E-state index contributed by atoms with van der Waals surface area (Å²) in [6.45, 7) is 3.67. The molecule has 116 valence electrons. The van der Waals surface area contributed by atoms with E-state index >= 15 is 0 Å². The van der Waals surface area contributed by atoms with Gasteiger partial charge in [0.15, 0.2) is 5.89 Å². The highest BCUT2D eigenvalue weighted by Gasteiger charge is 2.30. The highest BCUT2D eigenvalue weighted by Crippen LogP contribution is 2.14. The van der Waals surface area contributed by atoms with Gasteiger partial charge in [0.05, 0.1) is 24.4 Å². The van der Waals surface area contributed by atoms with Gasteiger partial charge in [0.1, 0.15) is 6.61 Å². The number of carboxylic acids is 1. The van der Waals surface area contributed by atoms with Crippen LogP contribution in [0.2, 0.25) is 0 Å². The van der Waals surface area contributed by atoms with Crippen molar-refractivity contribution in [3.05, 3.63) is 17.3 Å². The molecule has 1 aromatic rings. The molecule has 1 aliphatic rings. The molecule has 0 saturated carbocycles. The van der Waals surface area contributed by atoms with Crippen LogP contribution in [0.25, 0.3) is 0 Å². The standard InChI is InChI=1S/C13H18N2O6/c1-7-12(21-8(2)14-7)13(18)15-9-5-19-4-3-10(9)20-6-11(16)17/h9-10H,3-6H2,1-2H3,(H,15,18)(H,16,17)/t9-,10+/m1/s1. The van der Waals surface area contributed by atoms with Crippen molar-refractivity contribution in [2.24, 2.45) is 0 Å². The van der Waals surface area contributed by atoms with Crippen molar-refractivity contribution < 1.29 is 28.6 Å². The molecule has 0 unspecified atom stereocenters. The second-order valence-electron chi connectivity index (χ2n) is 4.83. The third-order valence-corrected chi connectivity index (χ3v) is 3.14. The molecule has 2 rings (SSSR count). The zero-order valence-corrected chi connectivity index (χ0v) is 11.9. The summed E-state index contributed by atoms with van der Waals surface area (Å²) in [7, 11) is 0. The van der Waals surface area contributed by atoms with Crippen molar-refractivity contribution in [1.82, 2.24) is 10.3 Å². The molecule has 1 aromatic heterocycles. The Labute approximate surface area is 121 Å². The van der Waals surface area contributed by atoms with Crippen molar-refractivity contribution in [3.63, 3.8) is 0 Å². The highest BCUT2D eigenvalue weighted by atomic mass is 16.5. The summed E-state index contributed by atoms with van der Waals surface area (Å²) in [6, 6.07) is -0.421. The lowest BCUT2D eigenvalue weighted by molar-refractivity contribution is -0.147. The summed E-state index contributed by atoms with van der Waals surface area (Å²) in [5.41, 5.74) is 0.504. The lowest BCUT2D eigenvalue weighted by Gasteiger charge is -2.31. The molecule has 0 spiro atoms. The predicted octanol–water partition coefficient (Wildman–Crippen LogP) is 0.280. The molecule has 2 heterocycles. The molecule has 0 aromatic carbocycles. The minimum absolute atomic E-state index is 0.148. The summed E-state index contributed by atoms with van der Waals surface area (Å²) in [5, 5.41) is 11.4. The van der Waals surface area contributed by atoms with Gasteiger partial charge in [-0.15, -0.1) is 0 Å². The topological polar surface area (TPSA) is 111 Å². The number of aromatic nitrogens is 1. The van der Waals surface area contributed by atoms with Gasteiger partial charge >= 0.3 is 5.97 Å². The molecule has 1 saturated heterocycles. The highest BCUT2D eigenvalue weighted by molar-refractivity contribution is 5.92. The van der Waals surface area contributed by atoms with Crippen molar-refractivity contribution in [1.29, 1.82) is 0 Å². The Bertz CT molecular complexity index is 527. The first kappa shape index (κ1) is 15.5. The SMILES string of the molecule is Cc1nc(C)c(C(=O)N[C@@H]2COCC[C@@H]2OCC(=O)O)o1. The van der Waals surface area contributed by atoms with Gasteiger partial charge in [0.2, 0.25) is 5.76 Å². The lowest BCUT2D eigenvalue weighted by atomic mass is 10.1. The van der Waals surface area contributed by atoms with Gasteiger partial charge < -0.3 is 24.3 Å². The number of carbonyl (C=O) groups excluding carboxylic acids is 1. The first-order valence-electron chi connectivity index (χ1n) is 6.63. The largest absolute Gasteiger partial charge is 0.480 e. The number of carbonyl (C=O) groups is 2. The summed E-state index contributed by atoms with van der Waals surface area (Å²) >= 11 is 0. The van der Waals surface area contributed by atoms with E-state index in [0.29, 0.717) is 24.6 Å². The average Bonchev–Trinajstić information content (AvgIpc) is 2.76. The Kier molecular flexibility index (Phi) is 4.92. The summed E-state index contributed by atoms with van der Waals surface area (Å²) in [6.07, 6.45) is 0.121. The Hall–Kier alpha value is -1.93. The number of rotatable bonds is 5. The molecule has 2 atom stereocenters. The summed E-state index contributed by atoms with van der Waals surface area (Å²) in [4.78, 5) is 26.8. The third kappa shape index (κ3) is 4.02. The zero-order chi connectivity index (χ0) is 15.4. The number of amides is 1. The normalized spacial score (nSPS) is 22.0. The molecule has 1 aliphatic heterocycles. The van der Waals surface area contributed by atoms with E-state index < -0.39 is 30.6 Å². The quantitative estimate of drug-likeness (QED) is 0.803. The Morgan fingerprint density at radius 1 is 1.48 bits per heavy atom. The maximum Gasteiger partial charge on any atom is 0.329 e. The van der Waals surface area contributed by atoms with E-state index in [9.17, 15) is 9.59 Å². The molecular formula is C13H18N2O6.